The first-order valence-electron chi connectivity index (χ1n) is 12.5. The van der Waals surface area contributed by atoms with Crippen molar-refractivity contribution in [3.63, 3.8) is 0 Å². The molecule has 0 aromatic heterocycles. The molecule has 1 atom stereocenters. The topological polar surface area (TPSA) is 76.1 Å². The molecule has 6 heteroatoms. The number of ketones is 1. The molecular formula is C32H29NO5. The largest absolute Gasteiger partial charge is 0.507 e. The second kappa shape index (κ2) is 10.9. The Balaban J connectivity index is 1.57. The number of benzene rings is 4. The average molecular weight is 508 g/mol. The number of methoxy groups -OCH3 is 1. The van der Waals surface area contributed by atoms with Gasteiger partial charge in [0, 0.05) is 19.2 Å². The standard InChI is InChI=1S/C32H29NO5/c1-21-13-15-22(16-14-21)20-38-25-10-5-9-24(19-25)29-28(31(35)32(36)33(29)17-18-37-2)30(34)27-12-6-8-23-7-3-4-11-26(23)27/h3-16,19,29,34H,17-18,20H2,1-2H3/b30-28-. The number of Topliss-reactive ketones (excluding diaryl/α,β-unsaturated/α-hetero) is 1. The predicted octanol–water partition coefficient (Wildman–Crippen LogP) is 5.80. The highest BCUT2D eigenvalue weighted by atomic mass is 16.5. The summed E-state index contributed by atoms with van der Waals surface area (Å²) < 4.78 is 11.3. The number of nitrogens with zero attached hydrogens (tertiary/aromatic N) is 1. The SMILES string of the molecule is COCCN1C(=O)C(=O)/C(=C(\O)c2cccc3ccccc23)C1c1cccc(OCc2ccc(C)cc2)c1. The van der Waals surface area contributed by atoms with Gasteiger partial charge in [-0.25, -0.2) is 0 Å². The molecule has 1 amide bonds. The number of hydrogen-bond acceptors (Lipinski definition) is 5. The summed E-state index contributed by atoms with van der Waals surface area (Å²) in [6, 6.07) is 27.8. The third-order valence-corrected chi connectivity index (χ3v) is 6.82. The maximum atomic E-state index is 13.4. The van der Waals surface area contributed by atoms with Crippen LogP contribution in [-0.2, 0) is 20.9 Å². The Labute approximate surface area is 221 Å². The fourth-order valence-corrected chi connectivity index (χ4v) is 4.85. The Hall–Kier alpha value is -4.42. The van der Waals surface area contributed by atoms with Crippen LogP contribution >= 0.6 is 0 Å². The molecular weight excluding hydrogens is 478 g/mol. The van der Waals surface area contributed by atoms with E-state index in [1.54, 1.807) is 13.2 Å². The second-order valence-electron chi connectivity index (χ2n) is 9.36. The van der Waals surface area contributed by atoms with E-state index in [9.17, 15) is 14.7 Å². The Bertz CT molecular complexity index is 1520. The van der Waals surface area contributed by atoms with Crippen LogP contribution in [0.4, 0.5) is 0 Å². The average Bonchev–Trinajstić information content (AvgIpc) is 3.20. The highest BCUT2D eigenvalue weighted by molar-refractivity contribution is 6.46. The van der Waals surface area contributed by atoms with Gasteiger partial charge in [0.05, 0.1) is 18.2 Å². The van der Waals surface area contributed by atoms with Crippen LogP contribution in [0.15, 0.2) is 96.6 Å². The quantitative estimate of drug-likeness (QED) is 0.185. The Morgan fingerprint density at radius 3 is 2.45 bits per heavy atom. The van der Waals surface area contributed by atoms with E-state index in [0.29, 0.717) is 23.5 Å². The normalized spacial score (nSPS) is 16.8. The molecule has 0 saturated carbocycles. The zero-order chi connectivity index (χ0) is 26.6. The highest BCUT2D eigenvalue weighted by Crippen LogP contribution is 2.41. The molecule has 1 saturated heterocycles. The van der Waals surface area contributed by atoms with Gasteiger partial charge in [-0.2, -0.15) is 0 Å². The van der Waals surface area contributed by atoms with Gasteiger partial charge in [-0.1, -0.05) is 84.4 Å². The van der Waals surface area contributed by atoms with E-state index in [4.69, 9.17) is 9.47 Å². The van der Waals surface area contributed by atoms with Crippen LogP contribution in [0.3, 0.4) is 0 Å². The molecule has 1 fully saturated rings. The molecule has 0 spiro atoms. The number of ether oxygens (including phenoxy) is 2. The summed E-state index contributed by atoms with van der Waals surface area (Å²) in [5, 5.41) is 13.3. The monoisotopic (exact) mass is 507 g/mol. The van der Waals surface area contributed by atoms with E-state index >= 15 is 0 Å². The van der Waals surface area contributed by atoms with Crippen LogP contribution in [0.2, 0.25) is 0 Å². The van der Waals surface area contributed by atoms with Gasteiger partial charge in [0.1, 0.15) is 18.1 Å². The first-order valence-corrected chi connectivity index (χ1v) is 12.5. The van der Waals surface area contributed by atoms with E-state index in [1.807, 2.05) is 91.9 Å². The van der Waals surface area contributed by atoms with Gasteiger partial charge < -0.3 is 19.5 Å². The van der Waals surface area contributed by atoms with Crippen molar-refractivity contribution < 1.29 is 24.2 Å². The number of carbonyl (C=O) groups excluding carboxylic acids is 2. The number of aryl methyl sites for hydroxylation is 1. The van der Waals surface area contributed by atoms with Crippen LogP contribution < -0.4 is 4.74 Å². The lowest BCUT2D eigenvalue weighted by atomic mass is 9.93. The Morgan fingerprint density at radius 1 is 0.921 bits per heavy atom. The third kappa shape index (κ3) is 4.91. The fourth-order valence-electron chi connectivity index (χ4n) is 4.85. The van der Waals surface area contributed by atoms with Gasteiger partial charge in [-0.05, 0) is 41.0 Å². The van der Waals surface area contributed by atoms with E-state index in [-0.39, 0.29) is 24.5 Å². The number of hydrogen-bond donors (Lipinski definition) is 1. The summed E-state index contributed by atoms with van der Waals surface area (Å²) in [4.78, 5) is 28.0. The van der Waals surface area contributed by atoms with Crippen LogP contribution in [0.5, 0.6) is 5.75 Å². The van der Waals surface area contributed by atoms with Crippen LogP contribution in [0.1, 0.15) is 28.3 Å². The van der Waals surface area contributed by atoms with Crippen molar-refractivity contribution in [3.05, 3.63) is 119 Å². The molecule has 38 heavy (non-hydrogen) atoms. The minimum atomic E-state index is -0.785. The molecule has 4 aromatic rings. The first kappa shape index (κ1) is 25.2. The molecule has 1 aliphatic heterocycles. The van der Waals surface area contributed by atoms with Crippen LogP contribution in [0, 0.1) is 6.92 Å². The van der Waals surface area contributed by atoms with Crippen LogP contribution in [-0.4, -0.2) is 42.0 Å². The summed E-state index contributed by atoms with van der Waals surface area (Å²) in [6.07, 6.45) is 0. The van der Waals surface area contributed by atoms with Crippen molar-refractivity contribution in [1.82, 2.24) is 4.90 Å². The zero-order valence-electron chi connectivity index (χ0n) is 21.4. The van der Waals surface area contributed by atoms with Crippen molar-refractivity contribution in [2.75, 3.05) is 20.3 Å². The summed E-state index contributed by atoms with van der Waals surface area (Å²) in [6.45, 7) is 2.87. The Morgan fingerprint density at radius 2 is 1.66 bits per heavy atom. The molecule has 0 aliphatic carbocycles. The predicted molar refractivity (Wildman–Crippen MR) is 147 cm³/mol. The molecule has 0 radical (unpaired) electrons. The molecule has 1 aliphatic rings. The van der Waals surface area contributed by atoms with Gasteiger partial charge >= 0.3 is 0 Å². The highest BCUT2D eigenvalue weighted by Gasteiger charge is 2.46. The fraction of sp³-hybridized carbons (Fsp3) is 0.188. The summed E-state index contributed by atoms with van der Waals surface area (Å²) in [5.41, 5.74) is 3.43. The van der Waals surface area contributed by atoms with Gasteiger partial charge in [0.25, 0.3) is 11.7 Å². The molecule has 0 bridgehead atoms. The number of carbonyl (C=O) groups is 2. The summed E-state index contributed by atoms with van der Waals surface area (Å²) in [7, 11) is 1.54. The van der Waals surface area contributed by atoms with Gasteiger partial charge in [-0.15, -0.1) is 0 Å². The maximum Gasteiger partial charge on any atom is 0.295 e. The molecule has 5 rings (SSSR count). The molecule has 4 aromatic carbocycles. The van der Waals surface area contributed by atoms with Crippen molar-refractivity contribution in [3.8, 4) is 5.75 Å². The van der Waals surface area contributed by atoms with Crippen molar-refractivity contribution >= 4 is 28.2 Å². The number of amides is 1. The number of likely N-dealkylation sites (tertiary alicyclic amines) is 1. The van der Waals surface area contributed by atoms with Crippen LogP contribution in [0.25, 0.3) is 16.5 Å². The number of aliphatic hydroxyl groups excluding tert-OH is 1. The van der Waals surface area contributed by atoms with Gasteiger partial charge in [-0.3, -0.25) is 9.59 Å². The minimum Gasteiger partial charge on any atom is -0.507 e. The number of rotatable bonds is 8. The smallest absolute Gasteiger partial charge is 0.295 e. The van der Waals surface area contributed by atoms with Crippen molar-refractivity contribution in [2.24, 2.45) is 0 Å². The summed E-state index contributed by atoms with van der Waals surface area (Å²) >= 11 is 0. The lowest BCUT2D eigenvalue weighted by Crippen LogP contribution is -2.32. The third-order valence-electron chi connectivity index (χ3n) is 6.82. The zero-order valence-corrected chi connectivity index (χ0v) is 21.4. The van der Waals surface area contributed by atoms with E-state index in [1.165, 1.54) is 10.5 Å². The molecule has 1 heterocycles. The van der Waals surface area contributed by atoms with Crippen molar-refractivity contribution in [2.45, 2.75) is 19.6 Å². The van der Waals surface area contributed by atoms with E-state index < -0.39 is 17.7 Å². The number of aliphatic hydroxyl groups is 1. The lowest BCUT2D eigenvalue weighted by molar-refractivity contribution is -0.140. The Kier molecular flexibility index (Phi) is 7.24. The molecule has 1 N–H and O–H groups in total. The first-order chi connectivity index (χ1) is 18.5. The van der Waals surface area contributed by atoms with Gasteiger partial charge in [0.2, 0.25) is 0 Å². The number of fused-ring (bicyclic) bond motifs is 1. The van der Waals surface area contributed by atoms with Gasteiger partial charge in [0.15, 0.2) is 0 Å². The van der Waals surface area contributed by atoms with Crippen molar-refractivity contribution in [1.29, 1.82) is 0 Å². The summed E-state index contributed by atoms with van der Waals surface area (Å²) in [5.74, 6) is -0.982. The second-order valence-corrected chi connectivity index (χ2v) is 9.36. The van der Waals surface area contributed by atoms with E-state index in [2.05, 4.69) is 0 Å². The molecule has 1 unspecified atom stereocenters. The molecule has 6 nitrogen and oxygen atoms in total. The lowest BCUT2D eigenvalue weighted by Gasteiger charge is -2.25. The van der Waals surface area contributed by atoms with E-state index in [0.717, 1.165) is 16.3 Å². The molecule has 192 valence electrons. The maximum absolute atomic E-state index is 13.4. The minimum absolute atomic E-state index is 0.0538.